The van der Waals surface area contributed by atoms with Gasteiger partial charge in [-0.1, -0.05) is 65.7 Å². The summed E-state index contributed by atoms with van der Waals surface area (Å²) in [7, 11) is 0. The van der Waals surface area contributed by atoms with Gasteiger partial charge in [0.25, 0.3) is 0 Å². The quantitative estimate of drug-likeness (QED) is 0.289. The van der Waals surface area contributed by atoms with E-state index in [1.54, 1.807) is 18.7 Å². The summed E-state index contributed by atoms with van der Waals surface area (Å²) in [6.45, 7) is 7.27. The summed E-state index contributed by atoms with van der Waals surface area (Å²) in [5.41, 5.74) is 8.47. The SMILES string of the molecule is CC(=O)c1ccccc1Nc1ccccc1Cc1cc(C)ccc1N(C(C)=O)c1ccc(C)cc1. The van der Waals surface area contributed by atoms with E-state index >= 15 is 0 Å². The summed E-state index contributed by atoms with van der Waals surface area (Å²) < 4.78 is 0. The molecule has 4 rings (SSSR count). The van der Waals surface area contributed by atoms with Crippen LogP contribution in [0.25, 0.3) is 0 Å². The number of ketones is 1. The first kappa shape index (κ1) is 24.0. The molecular weight excluding hydrogens is 432 g/mol. The number of para-hydroxylation sites is 2. The molecule has 4 aromatic carbocycles. The zero-order chi connectivity index (χ0) is 24.9. The number of carbonyl (C=O) groups excluding carboxylic acids is 2. The van der Waals surface area contributed by atoms with Gasteiger partial charge in [-0.2, -0.15) is 0 Å². The molecule has 0 aliphatic rings. The predicted octanol–water partition coefficient (Wildman–Crippen LogP) is 7.53. The number of hydrogen-bond donors (Lipinski definition) is 1. The van der Waals surface area contributed by atoms with Crippen molar-refractivity contribution in [1.82, 2.24) is 0 Å². The van der Waals surface area contributed by atoms with E-state index in [0.29, 0.717) is 12.0 Å². The van der Waals surface area contributed by atoms with Crippen molar-refractivity contribution < 1.29 is 9.59 Å². The highest BCUT2D eigenvalue weighted by Crippen LogP contribution is 2.33. The Bertz CT molecular complexity index is 1370. The molecule has 0 fully saturated rings. The maximum atomic E-state index is 12.8. The van der Waals surface area contributed by atoms with Crippen LogP contribution in [0.3, 0.4) is 0 Å². The summed E-state index contributed by atoms with van der Waals surface area (Å²) in [5, 5.41) is 3.47. The average Bonchev–Trinajstić information content (AvgIpc) is 2.83. The summed E-state index contributed by atoms with van der Waals surface area (Å²) in [6, 6.07) is 29.8. The second-order valence-electron chi connectivity index (χ2n) is 8.88. The van der Waals surface area contributed by atoms with Crippen molar-refractivity contribution >= 4 is 34.4 Å². The van der Waals surface area contributed by atoms with Gasteiger partial charge in [0, 0.05) is 36.0 Å². The maximum absolute atomic E-state index is 12.8. The van der Waals surface area contributed by atoms with Crippen LogP contribution < -0.4 is 10.2 Å². The molecule has 1 N–H and O–H groups in total. The molecule has 0 aliphatic heterocycles. The number of nitrogens with zero attached hydrogens (tertiary/aromatic N) is 1. The minimum Gasteiger partial charge on any atom is -0.355 e. The molecule has 0 aromatic heterocycles. The Morgan fingerprint density at radius 2 is 1.34 bits per heavy atom. The first-order chi connectivity index (χ1) is 16.8. The first-order valence-electron chi connectivity index (χ1n) is 11.8. The van der Waals surface area contributed by atoms with Crippen LogP contribution in [0.4, 0.5) is 22.7 Å². The monoisotopic (exact) mass is 462 g/mol. The lowest BCUT2D eigenvalue weighted by atomic mass is 9.98. The van der Waals surface area contributed by atoms with E-state index in [2.05, 4.69) is 24.4 Å². The van der Waals surface area contributed by atoms with Crippen LogP contribution in [0.15, 0.2) is 91.0 Å². The largest absolute Gasteiger partial charge is 0.355 e. The molecule has 4 heteroatoms. The third-order valence-corrected chi connectivity index (χ3v) is 6.06. The van der Waals surface area contributed by atoms with Gasteiger partial charge in [-0.15, -0.1) is 0 Å². The lowest BCUT2D eigenvalue weighted by molar-refractivity contribution is -0.115. The summed E-state index contributed by atoms with van der Waals surface area (Å²) >= 11 is 0. The highest BCUT2D eigenvalue weighted by atomic mass is 16.2. The Morgan fingerprint density at radius 1 is 0.714 bits per heavy atom. The van der Waals surface area contributed by atoms with Crippen LogP contribution in [0.5, 0.6) is 0 Å². The minimum absolute atomic E-state index is 0.0155. The number of nitrogens with one attached hydrogen (secondary N) is 1. The van der Waals surface area contributed by atoms with Crippen molar-refractivity contribution in [2.24, 2.45) is 0 Å². The summed E-state index contributed by atoms with van der Waals surface area (Å²) in [6.07, 6.45) is 0.623. The Hall–Kier alpha value is -4.18. The third-order valence-electron chi connectivity index (χ3n) is 6.06. The Morgan fingerprint density at radius 3 is 2.03 bits per heavy atom. The number of aryl methyl sites for hydroxylation is 2. The molecule has 0 unspecified atom stereocenters. The van der Waals surface area contributed by atoms with E-state index in [4.69, 9.17) is 0 Å². The second-order valence-corrected chi connectivity index (χ2v) is 8.88. The number of amides is 1. The van der Waals surface area contributed by atoms with Gasteiger partial charge in [-0.3, -0.25) is 14.5 Å². The normalized spacial score (nSPS) is 10.6. The Kier molecular flexibility index (Phi) is 7.11. The van der Waals surface area contributed by atoms with Gasteiger partial charge in [-0.25, -0.2) is 0 Å². The molecule has 0 heterocycles. The molecule has 0 spiro atoms. The van der Waals surface area contributed by atoms with Gasteiger partial charge in [0.05, 0.1) is 5.69 Å². The van der Waals surface area contributed by atoms with Gasteiger partial charge in [0.2, 0.25) is 5.91 Å². The van der Waals surface area contributed by atoms with Crippen LogP contribution >= 0.6 is 0 Å². The lowest BCUT2D eigenvalue weighted by Crippen LogP contribution is -2.24. The first-order valence-corrected chi connectivity index (χ1v) is 11.8. The number of benzene rings is 4. The van der Waals surface area contributed by atoms with Crippen LogP contribution in [-0.4, -0.2) is 11.7 Å². The molecule has 0 radical (unpaired) electrons. The van der Waals surface area contributed by atoms with E-state index in [9.17, 15) is 9.59 Å². The van der Waals surface area contributed by atoms with Crippen LogP contribution in [0, 0.1) is 13.8 Å². The number of anilines is 4. The molecule has 4 nitrogen and oxygen atoms in total. The third kappa shape index (κ3) is 5.49. The smallest absolute Gasteiger partial charge is 0.228 e. The van der Waals surface area contributed by atoms with Crippen molar-refractivity contribution in [2.45, 2.75) is 34.1 Å². The fourth-order valence-corrected chi connectivity index (χ4v) is 4.30. The lowest BCUT2D eigenvalue weighted by Gasteiger charge is -2.25. The van der Waals surface area contributed by atoms with Crippen molar-refractivity contribution in [1.29, 1.82) is 0 Å². The van der Waals surface area contributed by atoms with Crippen molar-refractivity contribution in [3.8, 4) is 0 Å². The number of Topliss-reactive ketones (excluding diaryl/α,β-unsaturated/α-hetero) is 1. The van der Waals surface area contributed by atoms with E-state index in [0.717, 1.165) is 45.0 Å². The molecular formula is C31H30N2O2. The molecule has 0 atom stereocenters. The Balaban J connectivity index is 1.75. The predicted molar refractivity (Wildman–Crippen MR) is 144 cm³/mol. The topological polar surface area (TPSA) is 49.4 Å². The van der Waals surface area contributed by atoms with Gasteiger partial charge >= 0.3 is 0 Å². The minimum atomic E-state index is -0.0410. The highest BCUT2D eigenvalue weighted by molar-refractivity contribution is 6.01. The molecule has 0 bridgehead atoms. The van der Waals surface area contributed by atoms with E-state index in [1.165, 1.54) is 0 Å². The number of rotatable bonds is 7. The van der Waals surface area contributed by atoms with Crippen molar-refractivity contribution in [2.75, 3.05) is 10.2 Å². The summed E-state index contributed by atoms with van der Waals surface area (Å²) in [4.78, 5) is 26.7. The van der Waals surface area contributed by atoms with Crippen LogP contribution in [-0.2, 0) is 11.2 Å². The van der Waals surface area contributed by atoms with Gasteiger partial charge in [-0.05, 0) is 68.3 Å². The average molecular weight is 463 g/mol. The van der Waals surface area contributed by atoms with Crippen LogP contribution in [0.1, 0.15) is 46.5 Å². The van der Waals surface area contributed by atoms with E-state index in [-0.39, 0.29) is 11.7 Å². The zero-order valence-corrected chi connectivity index (χ0v) is 20.6. The van der Waals surface area contributed by atoms with Crippen LogP contribution in [0.2, 0.25) is 0 Å². The molecule has 0 aliphatic carbocycles. The molecule has 176 valence electrons. The molecule has 35 heavy (non-hydrogen) atoms. The highest BCUT2D eigenvalue weighted by Gasteiger charge is 2.19. The second kappa shape index (κ2) is 10.4. The van der Waals surface area contributed by atoms with Crippen molar-refractivity contribution in [3.63, 3.8) is 0 Å². The summed E-state index contributed by atoms with van der Waals surface area (Å²) in [5.74, 6) is -0.0255. The fraction of sp³-hybridized carbons (Fsp3) is 0.161. The van der Waals surface area contributed by atoms with Gasteiger partial charge in [0.15, 0.2) is 5.78 Å². The number of hydrogen-bond acceptors (Lipinski definition) is 3. The molecule has 0 saturated heterocycles. The number of carbonyl (C=O) groups is 2. The molecule has 4 aromatic rings. The zero-order valence-electron chi connectivity index (χ0n) is 20.6. The van der Waals surface area contributed by atoms with E-state index < -0.39 is 0 Å². The van der Waals surface area contributed by atoms with Gasteiger partial charge in [0.1, 0.15) is 0 Å². The van der Waals surface area contributed by atoms with Gasteiger partial charge < -0.3 is 5.32 Å². The standard InChI is InChI=1S/C31H30N2O2/c1-21-13-16-27(17-14-21)33(24(4)35)31-18-15-22(2)19-26(31)20-25-9-5-7-11-29(25)32-30-12-8-6-10-28(30)23(3)34/h5-19,32H,20H2,1-4H3. The Labute approximate surface area is 207 Å². The fourth-order valence-electron chi connectivity index (χ4n) is 4.30. The van der Waals surface area contributed by atoms with E-state index in [1.807, 2.05) is 85.8 Å². The molecule has 1 amide bonds. The van der Waals surface area contributed by atoms with Crippen molar-refractivity contribution in [3.05, 3.63) is 119 Å². The maximum Gasteiger partial charge on any atom is 0.228 e. The molecule has 0 saturated carbocycles.